The van der Waals surface area contributed by atoms with Gasteiger partial charge < -0.3 is 5.32 Å². The van der Waals surface area contributed by atoms with Crippen LogP contribution in [0.15, 0.2) is 34.8 Å². The first-order chi connectivity index (χ1) is 9.88. The minimum absolute atomic E-state index is 0.00811. The third-order valence-corrected chi connectivity index (χ3v) is 3.63. The molecule has 0 amide bonds. The average molecular weight is 353 g/mol. The second-order valence-corrected chi connectivity index (χ2v) is 5.73. The predicted molar refractivity (Wildman–Crippen MR) is 84.0 cm³/mol. The Morgan fingerprint density at radius 2 is 1.86 bits per heavy atom. The van der Waals surface area contributed by atoms with Crippen LogP contribution in [0, 0.1) is 29.8 Å². The van der Waals surface area contributed by atoms with Crippen molar-refractivity contribution in [2.45, 2.75) is 20.4 Å². The van der Waals surface area contributed by atoms with Crippen molar-refractivity contribution >= 4 is 27.3 Å². The van der Waals surface area contributed by atoms with E-state index in [-0.39, 0.29) is 11.5 Å². The summed E-state index contributed by atoms with van der Waals surface area (Å²) in [5, 5.41) is 14.0. The molecule has 1 N–H and O–H groups in total. The first kappa shape index (κ1) is 15.4. The van der Waals surface area contributed by atoms with Gasteiger partial charge in [0.1, 0.15) is 11.5 Å². The van der Waals surface area contributed by atoms with Gasteiger partial charge in [-0.2, -0.15) is 0 Å². The fraction of sp³-hybridized carbons (Fsp3) is 0.200. The fourth-order valence-electron chi connectivity index (χ4n) is 2.14. The van der Waals surface area contributed by atoms with E-state index in [1.165, 1.54) is 6.07 Å². The monoisotopic (exact) mass is 352 g/mol. The maximum Gasteiger partial charge on any atom is 0.292 e. The van der Waals surface area contributed by atoms with Crippen molar-refractivity contribution in [3.05, 3.63) is 67.4 Å². The third kappa shape index (κ3) is 3.58. The first-order valence-corrected chi connectivity index (χ1v) is 7.11. The normalized spacial score (nSPS) is 10.5. The quantitative estimate of drug-likeness (QED) is 0.639. The van der Waals surface area contributed by atoms with E-state index < -0.39 is 4.92 Å². The van der Waals surface area contributed by atoms with E-state index >= 15 is 0 Å². The van der Waals surface area contributed by atoms with Crippen LogP contribution >= 0.6 is 15.9 Å². The molecule has 0 aromatic heterocycles. The summed E-state index contributed by atoms with van der Waals surface area (Å²) >= 11 is 3.29. The van der Waals surface area contributed by atoms with Crippen LogP contribution in [-0.4, -0.2) is 4.92 Å². The number of anilines is 1. The summed E-state index contributed by atoms with van der Waals surface area (Å²) < 4.78 is 14.3. The van der Waals surface area contributed by atoms with Crippen molar-refractivity contribution in [3.63, 3.8) is 0 Å². The lowest BCUT2D eigenvalue weighted by Gasteiger charge is -2.10. The van der Waals surface area contributed by atoms with Gasteiger partial charge in [0.25, 0.3) is 5.69 Å². The van der Waals surface area contributed by atoms with Crippen molar-refractivity contribution in [2.75, 3.05) is 5.32 Å². The van der Waals surface area contributed by atoms with Crippen molar-refractivity contribution in [2.24, 2.45) is 0 Å². The summed E-state index contributed by atoms with van der Waals surface area (Å²) in [5.41, 5.74) is 2.44. The van der Waals surface area contributed by atoms with Crippen LogP contribution in [0.5, 0.6) is 0 Å². The van der Waals surface area contributed by atoms with Crippen molar-refractivity contribution in [1.82, 2.24) is 0 Å². The van der Waals surface area contributed by atoms with Gasteiger partial charge in [-0.15, -0.1) is 0 Å². The van der Waals surface area contributed by atoms with Crippen LogP contribution in [0.3, 0.4) is 0 Å². The van der Waals surface area contributed by atoms with E-state index in [0.717, 1.165) is 10.0 Å². The number of benzene rings is 2. The Balaban J connectivity index is 2.24. The van der Waals surface area contributed by atoms with Crippen LogP contribution in [0.2, 0.25) is 0 Å². The summed E-state index contributed by atoms with van der Waals surface area (Å²) in [6, 6.07) is 8.18. The smallest absolute Gasteiger partial charge is 0.292 e. The zero-order chi connectivity index (χ0) is 15.6. The number of nitro benzene ring substituents is 1. The molecule has 0 saturated heterocycles. The zero-order valence-corrected chi connectivity index (χ0v) is 13.2. The van der Waals surface area contributed by atoms with Gasteiger partial charge in [-0.3, -0.25) is 10.1 Å². The molecule has 2 rings (SSSR count). The molecule has 4 nitrogen and oxygen atoms in total. The molecule has 0 atom stereocenters. The van der Waals surface area contributed by atoms with Crippen LogP contribution < -0.4 is 5.32 Å². The fourth-order valence-corrected chi connectivity index (χ4v) is 2.51. The molecule has 0 bridgehead atoms. The highest BCUT2D eigenvalue weighted by molar-refractivity contribution is 9.10. The maximum absolute atomic E-state index is 13.6. The lowest BCUT2D eigenvalue weighted by Crippen LogP contribution is -2.04. The number of aryl methyl sites for hydroxylation is 2. The molecular formula is C15H14BrFN2O2. The van der Waals surface area contributed by atoms with Gasteiger partial charge >= 0.3 is 0 Å². The molecule has 21 heavy (non-hydrogen) atoms. The Kier molecular flexibility index (Phi) is 4.57. The molecule has 0 fully saturated rings. The topological polar surface area (TPSA) is 55.2 Å². The molecule has 2 aromatic rings. The minimum atomic E-state index is -0.435. The van der Waals surface area contributed by atoms with Crippen LogP contribution in [0.25, 0.3) is 0 Å². The highest BCUT2D eigenvalue weighted by Crippen LogP contribution is 2.28. The van der Waals surface area contributed by atoms with E-state index in [1.54, 1.807) is 38.1 Å². The van der Waals surface area contributed by atoms with Crippen LogP contribution in [0.1, 0.15) is 16.7 Å². The second-order valence-electron chi connectivity index (χ2n) is 4.82. The van der Waals surface area contributed by atoms with Crippen molar-refractivity contribution < 1.29 is 9.31 Å². The first-order valence-electron chi connectivity index (χ1n) is 6.32. The number of nitro groups is 1. The number of rotatable bonds is 4. The lowest BCUT2D eigenvalue weighted by molar-refractivity contribution is -0.384. The number of hydrogen-bond donors (Lipinski definition) is 1. The highest BCUT2D eigenvalue weighted by atomic mass is 79.9. The highest BCUT2D eigenvalue weighted by Gasteiger charge is 2.13. The standard InChI is InChI=1S/C15H14BrFN2O2/c1-9-5-11(6-10(2)15(9)17)8-18-13-7-12(16)3-4-14(13)19(20)21/h3-7,18H,8H2,1-2H3. The summed E-state index contributed by atoms with van der Waals surface area (Å²) in [5.74, 6) is -0.216. The number of halogens is 2. The van der Waals surface area contributed by atoms with Gasteiger partial charge in [0, 0.05) is 17.1 Å². The molecule has 110 valence electrons. The van der Waals surface area contributed by atoms with Crippen molar-refractivity contribution in [1.29, 1.82) is 0 Å². The molecule has 0 aliphatic carbocycles. The van der Waals surface area contributed by atoms with E-state index in [4.69, 9.17) is 0 Å². The average Bonchev–Trinajstić information content (AvgIpc) is 2.42. The molecule has 0 aliphatic heterocycles. The largest absolute Gasteiger partial charge is 0.375 e. The van der Waals surface area contributed by atoms with Gasteiger partial charge in [-0.1, -0.05) is 28.1 Å². The maximum atomic E-state index is 13.6. The van der Waals surface area contributed by atoms with E-state index in [2.05, 4.69) is 21.2 Å². The Morgan fingerprint density at radius 3 is 2.43 bits per heavy atom. The number of nitrogens with one attached hydrogen (secondary N) is 1. The Bertz CT molecular complexity index is 681. The molecule has 0 saturated carbocycles. The van der Waals surface area contributed by atoms with Gasteiger partial charge in [0.05, 0.1) is 4.92 Å². The number of nitrogens with zero attached hydrogens (tertiary/aromatic N) is 1. The SMILES string of the molecule is Cc1cc(CNc2cc(Br)ccc2[N+](=O)[O-])cc(C)c1F. The molecule has 0 heterocycles. The van der Waals surface area contributed by atoms with Crippen LogP contribution in [-0.2, 0) is 6.54 Å². The predicted octanol–water partition coefficient (Wildman–Crippen LogP) is 4.73. The summed E-state index contributed by atoms with van der Waals surface area (Å²) in [6.45, 7) is 3.79. The Hall–Kier alpha value is -1.95. The zero-order valence-electron chi connectivity index (χ0n) is 11.6. The Labute approximate surface area is 130 Å². The summed E-state index contributed by atoms with van der Waals surface area (Å²) in [6.07, 6.45) is 0. The van der Waals surface area contributed by atoms with E-state index in [1.807, 2.05) is 0 Å². The molecule has 0 spiro atoms. The molecule has 0 aliphatic rings. The Morgan fingerprint density at radius 1 is 1.24 bits per heavy atom. The van der Waals surface area contributed by atoms with Gasteiger partial charge in [-0.25, -0.2) is 4.39 Å². The second kappa shape index (κ2) is 6.22. The summed E-state index contributed by atoms with van der Waals surface area (Å²) in [7, 11) is 0. The van der Waals surface area contributed by atoms with E-state index in [9.17, 15) is 14.5 Å². The van der Waals surface area contributed by atoms with Gasteiger partial charge in [-0.05, 0) is 42.7 Å². The molecule has 0 radical (unpaired) electrons. The third-order valence-electron chi connectivity index (χ3n) is 3.13. The molecular weight excluding hydrogens is 339 g/mol. The molecule has 2 aromatic carbocycles. The van der Waals surface area contributed by atoms with Crippen LogP contribution in [0.4, 0.5) is 15.8 Å². The van der Waals surface area contributed by atoms with Crippen molar-refractivity contribution in [3.8, 4) is 0 Å². The molecule has 0 unspecified atom stereocenters. The minimum Gasteiger partial charge on any atom is -0.375 e. The molecule has 6 heteroatoms. The van der Waals surface area contributed by atoms with Gasteiger partial charge in [0.15, 0.2) is 0 Å². The lowest BCUT2D eigenvalue weighted by atomic mass is 10.1. The van der Waals surface area contributed by atoms with E-state index in [0.29, 0.717) is 23.4 Å². The van der Waals surface area contributed by atoms with Gasteiger partial charge in [0.2, 0.25) is 0 Å². The number of hydrogen-bond acceptors (Lipinski definition) is 3. The summed E-state index contributed by atoms with van der Waals surface area (Å²) in [4.78, 5) is 10.6.